The molecule has 0 aromatic heterocycles. The molecule has 1 aliphatic carbocycles. The number of carbonyl (C=O) groups excluding carboxylic acids is 2. The Labute approximate surface area is 156 Å². The summed E-state index contributed by atoms with van der Waals surface area (Å²) in [5, 5.41) is 3.06. The minimum absolute atomic E-state index is 0. The zero-order chi connectivity index (χ0) is 16.4. The van der Waals surface area contributed by atoms with Crippen LogP contribution in [0, 0.1) is 11.8 Å². The number of hydrogen-bond donors (Lipinski definition) is 2. The van der Waals surface area contributed by atoms with Gasteiger partial charge in [-0.2, -0.15) is 0 Å². The molecule has 3 N–H and O–H groups in total. The highest BCUT2D eigenvalue weighted by Crippen LogP contribution is 2.29. The zero-order valence-corrected chi connectivity index (χ0v) is 15.8. The Kier molecular flexibility index (Phi) is 6.66. The van der Waals surface area contributed by atoms with Gasteiger partial charge in [-0.05, 0) is 49.9 Å². The molecule has 132 valence electrons. The van der Waals surface area contributed by atoms with E-state index in [4.69, 9.17) is 5.73 Å². The first-order valence-corrected chi connectivity index (χ1v) is 8.97. The van der Waals surface area contributed by atoms with Crippen molar-refractivity contribution in [3.63, 3.8) is 0 Å². The van der Waals surface area contributed by atoms with E-state index in [1.165, 1.54) is 0 Å². The molecular weight excluding hydrogens is 394 g/mol. The molecule has 3 unspecified atom stereocenters. The summed E-state index contributed by atoms with van der Waals surface area (Å²) < 4.78 is 0.924. The third-order valence-electron chi connectivity index (χ3n) is 4.93. The summed E-state index contributed by atoms with van der Waals surface area (Å²) in [6.07, 6.45) is 3.68. The van der Waals surface area contributed by atoms with Gasteiger partial charge in [-0.25, -0.2) is 0 Å². The first-order chi connectivity index (χ1) is 11.1. The maximum Gasteiger partial charge on any atom is 0.239 e. The van der Waals surface area contributed by atoms with E-state index in [0.29, 0.717) is 25.4 Å². The Bertz CT molecular complexity index is 613. The number of benzene rings is 1. The van der Waals surface area contributed by atoms with Crippen LogP contribution in [0.2, 0.25) is 0 Å². The smallest absolute Gasteiger partial charge is 0.239 e. The lowest BCUT2D eigenvalue weighted by atomic mass is 10.0. The number of nitrogens with one attached hydrogen (secondary N) is 1. The van der Waals surface area contributed by atoms with Crippen molar-refractivity contribution in [2.24, 2.45) is 17.6 Å². The van der Waals surface area contributed by atoms with Gasteiger partial charge in [0, 0.05) is 22.7 Å². The van der Waals surface area contributed by atoms with Crippen molar-refractivity contribution in [2.75, 3.05) is 18.0 Å². The van der Waals surface area contributed by atoms with Gasteiger partial charge in [-0.15, -0.1) is 12.4 Å². The van der Waals surface area contributed by atoms with E-state index in [0.717, 1.165) is 29.4 Å². The van der Waals surface area contributed by atoms with E-state index in [9.17, 15) is 9.59 Å². The van der Waals surface area contributed by atoms with Gasteiger partial charge in [0.25, 0.3) is 0 Å². The lowest BCUT2D eigenvalue weighted by Crippen LogP contribution is -2.44. The van der Waals surface area contributed by atoms with Crippen LogP contribution in [-0.4, -0.2) is 30.9 Å². The fourth-order valence-electron chi connectivity index (χ4n) is 3.62. The Morgan fingerprint density at radius 1 is 1.33 bits per heavy atom. The van der Waals surface area contributed by atoms with E-state index in [1.54, 1.807) is 4.90 Å². The zero-order valence-electron chi connectivity index (χ0n) is 13.4. The average Bonchev–Trinajstić information content (AvgIpc) is 3.13. The van der Waals surface area contributed by atoms with Crippen molar-refractivity contribution in [2.45, 2.75) is 31.7 Å². The third-order valence-corrected chi connectivity index (χ3v) is 5.42. The van der Waals surface area contributed by atoms with Gasteiger partial charge in [0.15, 0.2) is 0 Å². The Balaban J connectivity index is 0.00000208. The number of rotatable bonds is 4. The molecule has 7 heteroatoms. The highest BCUT2D eigenvalue weighted by molar-refractivity contribution is 9.10. The van der Waals surface area contributed by atoms with Crippen LogP contribution in [0.4, 0.5) is 5.69 Å². The van der Waals surface area contributed by atoms with Crippen LogP contribution in [0.25, 0.3) is 0 Å². The van der Waals surface area contributed by atoms with Crippen LogP contribution < -0.4 is 16.0 Å². The molecule has 24 heavy (non-hydrogen) atoms. The maximum atomic E-state index is 12.6. The number of halogens is 2. The summed E-state index contributed by atoms with van der Waals surface area (Å²) in [5.41, 5.74) is 6.60. The molecule has 2 aliphatic rings. The van der Waals surface area contributed by atoms with Gasteiger partial charge in [-0.1, -0.05) is 28.4 Å². The molecule has 5 nitrogen and oxygen atoms in total. The van der Waals surface area contributed by atoms with Crippen molar-refractivity contribution < 1.29 is 9.59 Å². The topological polar surface area (TPSA) is 75.4 Å². The average molecular weight is 417 g/mol. The quantitative estimate of drug-likeness (QED) is 0.740. The molecule has 1 aromatic carbocycles. The van der Waals surface area contributed by atoms with Gasteiger partial charge in [0.05, 0.1) is 0 Å². The van der Waals surface area contributed by atoms with Crippen LogP contribution in [0.5, 0.6) is 0 Å². The first-order valence-electron chi connectivity index (χ1n) is 8.17. The first kappa shape index (κ1) is 19.2. The number of hydrogen-bond acceptors (Lipinski definition) is 3. The van der Waals surface area contributed by atoms with Crippen LogP contribution >= 0.6 is 28.3 Å². The second kappa shape index (κ2) is 8.32. The second-order valence-electron chi connectivity index (χ2n) is 6.35. The molecule has 2 fully saturated rings. The SMILES string of the molecule is Cl.NCC1CCCC1NC(=O)C1CCN(c2cccc(Br)c2)C1=O. The summed E-state index contributed by atoms with van der Waals surface area (Å²) >= 11 is 3.42. The molecule has 3 atom stereocenters. The van der Waals surface area contributed by atoms with Crippen LogP contribution in [-0.2, 0) is 9.59 Å². The highest BCUT2D eigenvalue weighted by atomic mass is 79.9. The molecular formula is C17H23BrClN3O2. The lowest BCUT2D eigenvalue weighted by Gasteiger charge is -2.21. The van der Waals surface area contributed by atoms with Gasteiger partial charge in [0.2, 0.25) is 11.8 Å². The number of amides is 2. The number of nitrogens with two attached hydrogens (primary N) is 1. The molecule has 1 aromatic rings. The van der Waals surface area contributed by atoms with Crippen molar-refractivity contribution in [1.82, 2.24) is 5.32 Å². The van der Waals surface area contributed by atoms with E-state index in [2.05, 4.69) is 21.2 Å². The number of nitrogens with zero attached hydrogens (tertiary/aromatic N) is 1. The van der Waals surface area contributed by atoms with Gasteiger partial charge >= 0.3 is 0 Å². The summed E-state index contributed by atoms with van der Waals surface area (Å²) in [7, 11) is 0. The number of carbonyl (C=O) groups is 2. The van der Waals surface area contributed by atoms with Gasteiger partial charge < -0.3 is 16.0 Å². The van der Waals surface area contributed by atoms with Crippen molar-refractivity contribution in [3.8, 4) is 0 Å². The van der Waals surface area contributed by atoms with Crippen molar-refractivity contribution >= 4 is 45.8 Å². The molecule has 0 bridgehead atoms. The Hall–Kier alpha value is -1.11. The van der Waals surface area contributed by atoms with Gasteiger partial charge in [-0.3, -0.25) is 9.59 Å². The maximum absolute atomic E-state index is 12.6. The molecule has 1 saturated heterocycles. The molecule has 1 saturated carbocycles. The summed E-state index contributed by atoms with van der Waals surface area (Å²) in [5.74, 6) is -0.481. The Morgan fingerprint density at radius 2 is 2.12 bits per heavy atom. The number of anilines is 1. The van der Waals surface area contributed by atoms with Crippen molar-refractivity contribution in [1.29, 1.82) is 0 Å². The van der Waals surface area contributed by atoms with Crippen molar-refractivity contribution in [3.05, 3.63) is 28.7 Å². The normalized spacial score (nSPS) is 26.3. The molecule has 2 amide bonds. The van der Waals surface area contributed by atoms with Crippen LogP contribution in [0.15, 0.2) is 28.7 Å². The van der Waals surface area contributed by atoms with E-state index < -0.39 is 5.92 Å². The molecule has 3 rings (SSSR count). The summed E-state index contributed by atoms with van der Waals surface area (Å²) in [6, 6.07) is 7.73. The monoisotopic (exact) mass is 415 g/mol. The molecule has 1 aliphatic heterocycles. The molecule has 0 spiro atoms. The minimum Gasteiger partial charge on any atom is -0.352 e. The fraction of sp³-hybridized carbons (Fsp3) is 0.529. The minimum atomic E-state index is -0.576. The third kappa shape index (κ3) is 3.92. The van der Waals surface area contributed by atoms with E-state index in [-0.39, 0.29) is 30.3 Å². The predicted octanol–water partition coefficient (Wildman–Crippen LogP) is 2.47. The standard InChI is InChI=1S/C17H22BrN3O2.ClH/c18-12-4-2-5-13(9-12)21-8-7-14(17(21)23)16(22)20-15-6-1-3-11(15)10-19;/h2,4-5,9,11,14-15H,1,3,6-8,10,19H2,(H,20,22);1H. The molecule has 0 radical (unpaired) electrons. The largest absolute Gasteiger partial charge is 0.352 e. The summed E-state index contributed by atoms with van der Waals surface area (Å²) in [6.45, 7) is 1.17. The Morgan fingerprint density at radius 3 is 2.83 bits per heavy atom. The molecule has 1 heterocycles. The second-order valence-corrected chi connectivity index (χ2v) is 7.27. The van der Waals surface area contributed by atoms with Crippen LogP contribution in [0.1, 0.15) is 25.7 Å². The van der Waals surface area contributed by atoms with E-state index >= 15 is 0 Å². The highest BCUT2D eigenvalue weighted by Gasteiger charge is 2.39. The van der Waals surface area contributed by atoms with E-state index in [1.807, 2.05) is 24.3 Å². The fourth-order valence-corrected chi connectivity index (χ4v) is 4.00. The lowest BCUT2D eigenvalue weighted by molar-refractivity contribution is -0.132. The van der Waals surface area contributed by atoms with Crippen LogP contribution in [0.3, 0.4) is 0 Å². The summed E-state index contributed by atoms with van der Waals surface area (Å²) in [4.78, 5) is 26.8. The van der Waals surface area contributed by atoms with Gasteiger partial charge in [0.1, 0.15) is 5.92 Å². The predicted molar refractivity (Wildman–Crippen MR) is 100 cm³/mol.